The fourth-order valence-electron chi connectivity index (χ4n) is 1.74. The smallest absolute Gasteiger partial charge is 0.166 e. The molecule has 0 saturated heterocycles. The molecule has 1 aromatic carbocycles. The second kappa shape index (κ2) is 4.39. The predicted molar refractivity (Wildman–Crippen MR) is 58.2 cm³/mol. The number of rotatable bonds is 1. The van der Waals surface area contributed by atoms with E-state index in [4.69, 9.17) is 0 Å². The van der Waals surface area contributed by atoms with Gasteiger partial charge in [-0.1, -0.05) is 18.2 Å². The third kappa shape index (κ3) is 2.08. The Morgan fingerprint density at radius 1 is 1.06 bits per heavy atom. The highest BCUT2D eigenvalue weighted by molar-refractivity contribution is 6.24. The Bertz CT molecular complexity index is 457. The van der Waals surface area contributed by atoms with Crippen molar-refractivity contribution in [1.29, 1.82) is 0 Å². The first kappa shape index (κ1) is 10.7. The molecule has 0 atom stereocenters. The summed E-state index contributed by atoms with van der Waals surface area (Å²) in [6.45, 7) is 0. The van der Waals surface area contributed by atoms with Crippen LogP contribution in [0, 0.1) is 5.82 Å². The third-order valence-corrected chi connectivity index (χ3v) is 2.61. The molecule has 0 N–H and O–H groups in total. The van der Waals surface area contributed by atoms with Crippen LogP contribution in [-0.2, 0) is 9.59 Å². The minimum absolute atomic E-state index is 0.136. The molecule has 0 heterocycles. The first-order valence-electron chi connectivity index (χ1n) is 5.21. The lowest BCUT2D eigenvalue weighted by atomic mass is 9.91. The molecular formula is C13H11FO2. The number of hydrogen-bond donors (Lipinski definition) is 0. The number of hydrogen-bond acceptors (Lipinski definition) is 2. The van der Waals surface area contributed by atoms with Crippen LogP contribution in [0.25, 0.3) is 6.08 Å². The van der Waals surface area contributed by atoms with E-state index in [1.165, 1.54) is 12.1 Å². The van der Waals surface area contributed by atoms with Gasteiger partial charge in [0.05, 0.1) is 5.57 Å². The average Bonchev–Trinajstić information content (AvgIpc) is 2.26. The Morgan fingerprint density at radius 2 is 1.69 bits per heavy atom. The number of ketones is 2. The molecule has 1 aliphatic rings. The van der Waals surface area contributed by atoms with Crippen LogP contribution in [0.2, 0.25) is 0 Å². The van der Waals surface area contributed by atoms with Gasteiger partial charge in [-0.15, -0.1) is 0 Å². The third-order valence-electron chi connectivity index (χ3n) is 2.61. The lowest BCUT2D eigenvalue weighted by molar-refractivity contribution is -0.123. The summed E-state index contributed by atoms with van der Waals surface area (Å²) >= 11 is 0. The summed E-state index contributed by atoms with van der Waals surface area (Å²) in [5.41, 5.74) is 0.428. The molecule has 3 heteroatoms. The lowest BCUT2D eigenvalue weighted by Gasteiger charge is -2.11. The van der Waals surface area contributed by atoms with E-state index in [1.54, 1.807) is 18.2 Å². The largest absolute Gasteiger partial charge is 0.294 e. The van der Waals surface area contributed by atoms with Crippen LogP contribution in [0.3, 0.4) is 0 Å². The van der Waals surface area contributed by atoms with E-state index < -0.39 is 5.82 Å². The number of halogens is 1. The topological polar surface area (TPSA) is 34.1 Å². The van der Waals surface area contributed by atoms with Gasteiger partial charge < -0.3 is 0 Å². The Labute approximate surface area is 92.8 Å². The lowest BCUT2D eigenvalue weighted by Crippen LogP contribution is -2.18. The van der Waals surface area contributed by atoms with Crippen molar-refractivity contribution in [2.24, 2.45) is 0 Å². The molecule has 2 nitrogen and oxygen atoms in total. The number of benzene rings is 1. The van der Waals surface area contributed by atoms with Crippen molar-refractivity contribution in [1.82, 2.24) is 0 Å². The Morgan fingerprint density at radius 3 is 2.31 bits per heavy atom. The maximum absolute atomic E-state index is 13.3. The predicted octanol–water partition coefficient (Wildman–Crippen LogP) is 2.53. The fraction of sp³-hybridized carbons (Fsp3) is 0.231. The molecular weight excluding hydrogens is 207 g/mol. The van der Waals surface area contributed by atoms with Crippen molar-refractivity contribution in [2.45, 2.75) is 19.3 Å². The molecule has 1 fully saturated rings. The van der Waals surface area contributed by atoms with Crippen LogP contribution in [-0.4, -0.2) is 11.6 Å². The first-order valence-corrected chi connectivity index (χ1v) is 5.21. The number of carbonyl (C=O) groups is 2. The van der Waals surface area contributed by atoms with Gasteiger partial charge in [-0.3, -0.25) is 9.59 Å². The number of allylic oxidation sites excluding steroid dienone is 1. The van der Waals surface area contributed by atoms with Crippen molar-refractivity contribution in [2.75, 3.05) is 0 Å². The van der Waals surface area contributed by atoms with Crippen LogP contribution in [0.1, 0.15) is 24.8 Å². The molecule has 0 bridgehead atoms. The normalized spacial score (nSPS) is 16.4. The van der Waals surface area contributed by atoms with Gasteiger partial charge >= 0.3 is 0 Å². The van der Waals surface area contributed by atoms with E-state index in [-0.39, 0.29) is 17.1 Å². The quantitative estimate of drug-likeness (QED) is 0.536. The molecule has 16 heavy (non-hydrogen) atoms. The maximum atomic E-state index is 13.3. The monoisotopic (exact) mass is 218 g/mol. The highest BCUT2D eigenvalue weighted by Gasteiger charge is 2.23. The molecule has 82 valence electrons. The van der Waals surface area contributed by atoms with Crippen LogP contribution < -0.4 is 0 Å². The molecule has 1 saturated carbocycles. The molecule has 0 aliphatic heterocycles. The average molecular weight is 218 g/mol. The second-order valence-electron chi connectivity index (χ2n) is 3.78. The highest BCUT2D eigenvalue weighted by atomic mass is 19.1. The van der Waals surface area contributed by atoms with E-state index in [0.717, 1.165) is 0 Å². The van der Waals surface area contributed by atoms with Gasteiger partial charge in [0.15, 0.2) is 11.6 Å². The Kier molecular flexibility index (Phi) is 2.95. The van der Waals surface area contributed by atoms with Gasteiger partial charge in [0, 0.05) is 18.4 Å². The van der Waals surface area contributed by atoms with Crippen LogP contribution >= 0.6 is 0 Å². The van der Waals surface area contributed by atoms with Gasteiger partial charge in [-0.2, -0.15) is 0 Å². The standard InChI is InChI=1S/C13H11FO2/c14-11-5-2-1-4-9(11)8-10-12(15)6-3-7-13(10)16/h1-2,4-5,8H,3,6-7H2. The molecule has 1 aromatic rings. The van der Waals surface area contributed by atoms with Crippen molar-refractivity contribution in [3.05, 3.63) is 41.2 Å². The number of Topliss-reactive ketones (excluding diaryl/α,β-unsaturated/α-hetero) is 2. The molecule has 0 aromatic heterocycles. The molecule has 0 amide bonds. The molecule has 2 rings (SSSR count). The minimum Gasteiger partial charge on any atom is -0.294 e. The molecule has 0 unspecified atom stereocenters. The van der Waals surface area contributed by atoms with E-state index in [1.807, 2.05) is 0 Å². The van der Waals surface area contributed by atoms with Gasteiger partial charge in [0.2, 0.25) is 0 Å². The van der Waals surface area contributed by atoms with Crippen LogP contribution in [0.15, 0.2) is 29.8 Å². The zero-order valence-electron chi connectivity index (χ0n) is 8.70. The van der Waals surface area contributed by atoms with Gasteiger partial charge in [-0.05, 0) is 18.6 Å². The number of carbonyl (C=O) groups excluding carboxylic acids is 2. The first-order chi connectivity index (χ1) is 7.68. The van der Waals surface area contributed by atoms with Gasteiger partial charge in [0.25, 0.3) is 0 Å². The summed E-state index contributed by atoms with van der Waals surface area (Å²) in [6.07, 6.45) is 2.73. The summed E-state index contributed by atoms with van der Waals surface area (Å²) in [7, 11) is 0. The molecule has 0 radical (unpaired) electrons. The second-order valence-corrected chi connectivity index (χ2v) is 3.78. The van der Waals surface area contributed by atoms with E-state index in [2.05, 4.69) is 0 Å². The summed E-state index contributed by atoms with van der Waals surface area (Å²) in [5.74, 6) is -0.778. The highest BCUT2D eigenvalue weighted by Crippen LogP contribution is 2.20. The van der Waals surface area contributed by atoms with Crippen molar-refractivity contribution in [3.63, 3.8) is 0 Å². The summed E-state index contributed by atoms with van der Waals surface area (Å²) in [4.78, 5) is 23.0. The van der Waals surface area contributed by atoms with Crippen molar-refractivity contribution in [3.8, 4) is 0 Å². The Balaban J connectivity index is 2.39. The van der Waals surface area contributed by atoms with Gasteiger partial charge in [0.1, 0.15) is 5.82 Å². The van der Waals surface area contributed by atoms with E-state index in [0.29, 0.717) is 24.8 Å². The summed E-state index contributed by atoms with van der Waals surface area (Å²) in [6, 6.07) is 6.11. The summed E-state index contributed by atoms with van der Waals surface area (Å²) < 4.78 is 13.3. The minimum atomic E-state index is -0.416. The van der Waals surface area contributed by atoms with Crippen molar-refractivity contribution < 1.29 is 14.0 Å². The molecule has 0 spiro atoms. The SMILES string of the molecule is O=C1CCCC(=O)C1=Cc1ccccc1F. The Hall–Kier alpha value is -1.77. The van der Waals surface area contributed by atoms with Gasteiger partial charge in [-0.25, -0.2) is 4.39 Å². The van der Waals surface area contributed by atoms with Crippen LogP contribution in [0.4, 0.5) is 4.39 Å². The fourth-order valence-corrected chi connectivity index (χ4v) is 1.74. The van der Waals surface area contributed by atoms with Crippen molar-refractivity contribution >= 4 is 17.6 Å². The van der Waals surface area contributed by atoms with E-state index in [9.17, 15) is 14.0 Å². The molecule has 1 aliphatic carbocycles. The summed E-state index contributed by atoms with van der Waals surface area (Å²) in [5, 5.41) is 0. The zero-order valence-corrected chi connectivity index (χ0v) is 8.70. The zero-order chi connectivity index (χ0) is 11.5. The van der Waals surface area contributed by atoms with E-state index >= 15 is 0 Å². The maximum Gasteiger partial charge on any atom is 0.166 e. The van der Waals surface area contributed by atoms with Crippen LogP contribution in [0.5, 0.6) is 0 Å².